The Bertz CT molecular complexity index is 1300. The van der Waals surface area contributed by atoms with E-state index < -0.39 is 35.3 Å². The van der Waals surface area contributed by atoms with Gasteiger partial charge in [-0.2, -0.15) is 0 Å². The number of amides is 2. The van der Waals surface area contributed by atoms with E-state index >= 15 is 0 Å². The molecule has 1 heterocycles. The van der Waals surface area contributed by atoms with Gasteiger partial charge in [0.15, 0.2) is 0 Å². The molecule has 0 aliphatic rings. The first kappa shape index (κ1) is 22.7. The van der Waals surface area contributed by atoms with E-state index in [1.54, 1.807) is 0 Å². The van der Waals surface area contributed by atoms with Gasteiger partial charge in [-0.05, 0) is 60.2 Å². The number of carbonyl (C=O) groups excluding carboxylic acids is 2. The Morgan fingerprint density at radius 3 is 2.12 bits per heavy atom. The van der Waals surface area contributed by atoms with E-state index in [-0.39, 0.29) is 22.6 Å². The fourth-order valence-electron chi connectivity index (χ4n) is 3.35. The van der Waals surface area contributed by atoms with Crippen LogP contribution in [0.15, 0.2) is 91.4 Å². The molecule has 0 aliphatic carbocycles. The lowest BCUT2D eigenvalue weighted by Crippen LogP contribution is -2.42. The molecule has 1 N–H and O–H groups in total. The summed E-state index contributed by atoms with van der Waals surface area (Å²) in [4.78, 5) is 36.0. The van der Waals surface area contributed by atoms with Crippen LogP contribution < -0.4 is 10.2 Å². The highest BCUT2D eigenvalue weighted by Gasteiger charge is 2.34. The van der Waals surface area contributed by atoms with E-state index in [0.717, 1.165) is 35.2 Å². The van der Waals surface area contributed by atoms with Gasteiger partial charge in [-0.25, -0.2) is 18.2 Å². The molecule has 1 aromatic heterocycles. The first-order chi connectivity index (χ1) is 16.4. The Balaban J connectivity index is 1.84. The zero-order chi connectivity index (χ0) is 24.1. The Kier molecular flexibility index (Phi) is 6.63. The predicted octanol–water partition coefficient (Wildman–Crippen LogP) is 4.92. The second-order valence-corrected chi connectivity index (χ2v) is 7.20. The molecule has 0 radical (unpaired) electrons. The summed E-state index contributed by atoms with van der Waals surface area (Å²) in [5.41, 5.74) is 0.500. The van der Waals surface area contributed by atoms with Gasteiger partial charge < -0.3 is 5.32 Å². The molecule has 170 valence electrons. The summed E-state index contributed by atoms with van der Waals surface area (Å²) in [5, 5.41) is 2.63. The van der Waals surface area contributed by atoms with E-state index in [0.29, 0.717) is 0 Å². The molecule has 34 heavy (non-hydrogen) atoms. The van der Waals surface area contributed by atoms with Gasteiger partial charge in [-0.1, -0.05) is 18.2 Å². The molecule has 4 aromatic rings. The quantitative estimate of drug-likeness (QED) is 0.441. The molecular formula is C25H17F3N4O2. The fraction of sp³-hybridized carbons (Fsp3) is 0.0400. The SMILES string of the molecule is O=C(Nc1ccc(F)cc1)[C@@H](c1ccc(F)cc1)N(C(=O)c1cnccn1)c1cccc(F)c1. The lowest BCUT2D eigenvalue weighted by atomic mass is 10.0. The third kappa shape index (κ3) is 5.09. The van der Waals surface area contributed by atoms with Crippen molar-refractivity contribution in [2.75, 3.05) is 10.2 Å². The van der Waals surface area contributed by atoms with Crippen LogP contribution in [0.2, 0.25) is 0 Å². The third-order valence-electron chi connectivity index (χ3n) is 4.89. The van der Waals surface area contributed by atoms with E-state index in [9.17, 15) is 22.8 Å². The normalized spacial score (nSPS) is 11.5. The average Bonchev–Trinajstić information content (AvgIpc) is 2.85. The molecule has 6 nitrogen and oxygen atoms in total. The van der Waals surface area contributed by atoms with Crippen molar-refractivity contribution in [2.24, 2.45) is 0 Å². The predicted molar refractivity (Wildman–Crippen MR) is 119 cm³/mol. The summed E-state index contributed by atoms with van der Waals surface area (Å²) in [6.07, 6.45) is 3.90. The monoisotopic (exact) mass is 462 g/mol. The van der Waals surface area contributed by atoms with Crippen LogP contribution >= 0.6 is 0 Å². The van der Waals surface area contributed by atoms with Crippen LogP contribution in [0.5, 0.6) is 0 Å². The zero-order valence-corrected chi connectivity index (χ0v) is 17.5. The van der Waals surface area contributed by atoms with Crippen molar-refractivity contribution in [1.82, 2.24) is 9.97 Å². The average molecular weight is 462 g/mol. The molecule has 2 amide bonds. The van der Waals surface area contributed by atoms with Crippen molar-refractivity contribution < 1.29 is 22.8 Å². The maximum atomic E-state index is 14.1. The maximum Gasteiger partial charge on any atom is 0.279 e. The summed E-state index contributed by atoms with van der Waals surface area (Å²) >= 11 is 0. The van der Waals surface area contributed by atoms with Crippen molar-refractivity contribution in [3.63, 3.8) is 0 Å². The van der Waals surface area contributed by atoms with Gasteiger partial charge >= 0.3 is 0 Å². The minimum Gasteiger partial charge on any atom is -0.324 e. The van der Waals surface area contributed by atoms with Gasteiger partial charge in [0.05, 0.1) is 6.20 Å². The van der Waals surface area contributed by atoms with Crippen LogP contribution in [0.3, 0.4) is 0 Å². The smallest absolute Gasteiger partial charge is 0.279 e. The van der Waals surface area contributed by atoms with E-state index in [1.165, 1.54) is 61.1 Å². The summed E-state index contributed by atoms with van der Waals surface area (Å²) in [5.74, 6) is -3.10. The maximum absolute atomic E-state index is 14.1. The molecule has 4 rings (SSSR count). The van der Waals surface area contributed by atoms with Gasteiger partial charge in [0.1, 0.15) is 29.2 Å². The summed E-state index contributed by atoms with van der Waals surface area (Å²) < 4.78 is 41.1. The minimum atomic E-state index is -1.36. The summed E-state index contributed by atoms with van der Waals surface area (Å²) in [6, 6.07) is 13.8. The lowest BCUT2D eigenvalue weighted by molar-refractivity contribution is -0.117. The number of hydrogen-bond donors (Lipinski definition) is 1. The largest absolute Gasteiger partial charge is 0.324 e. The zero-order valence-electron chi connectivity index (χ0n) is 17.5. The molecule has 3 aromatic carbocycles. The first-order valence-electron chi connectivity index (χ1n) is 10.1. The number of rotatable bonds is 6. The third-order valence-corrected chi connectivity index (χ3v) is 4.89. The van der Waals surface area contributed by atoms with Crippen LogP contribution in [0, 0.1) is 17.5 Å². The van der Waals surface area contributed by atoms with Crippen LogP contribution in [0.4, 0.5) is 24.5 Å². The Labute approximate surface area is 192 Å². The molecule has 0 bridgehead atoms. The fourth-order valence-corrected chi connectivity index (χ4v) is 3.35. The van der Waals surface area contributed by atoms with Crippen molar-refractivity contribution in [3.05, 3.63) is 120 Å². The minimum absolute atomic E-state index is 0.0687. The second-order valence-electron chi connectivity index (χ2n) is 7.20. The Morgan fingerprint density at radius 1 is 0.824 bits per heavy atom. The van der Waals surface area contributed by atoms with Crippen molar-refractivity contribution in [1.29, 1.82) is 0 Å². The van der Waals surface area contributed by atoms with Crippen molar-refractivity contribution >= 4 is 23.2 Å². The highest BCUT2D eigenvalue weighted by Crippen LogP contribution is 2.31. The number of nitrogens with zero attached hydrogens (tertiary/aromatic N) is 3. The van der Waals surface area contributed by atoms with Crippen LogP contribution in [-0.4, -0.2) is 21.8 Å². The molecule has 0 unspecified atom stereocenters. The number of benzene rings is 3. The number of anilines is 2. The van der Waals surface area contributed by atoms with E-state index in [2.05, 4.69) is 15.3 Å². The number of hydrogen-bond acceptors (Lipinski definition) is 4. The van der Waals surface area contributed by atoms with Gasteiger partial charge in [-0.3, -0.25) is 19.5 Å². The molecule has 0 saturated carbocycles. The van der Waals surface area contributed by atoms with Crippen molar-refractivity contribution in [2.45, 2.75) is 6.04 Å². The van der Waals surface area contributed by atoms with Gasteiger partial charge in [0.25, 0.3) is 11.8 Å². The summed E-state index contributed by atoms with van der Waals surface area (Å²) in [6.45, 7) is 0. The highest BCUT2D eigenvalue weighted by atomic mass is 19.1. The molecule has 0 spiro atoms. The van der Waals surface area contributed by atoms with Crippen LogP contribution in [-0.2, 0) is 4.79 Å². The number of aromatic nitrogens is 2. The summed E-state index contributed by atoms with van der Waals surface area (Å²) in [7, 11) is 0. The van der Waals surface area contributed by atoms with E-state index in [4.69, 9.17) is 0 Å². The number of halogens is 3. The van der Waals surface area contributed by atoms with Gasteiger partial charge in [0, 0.05) is 23.8 Å². The van der Waals surface area contributed by atoms with Gasteiger partial charge in [0.2, 0.25) is 0 Å². The lowest BCUT2D eigenvalue weighted by Gasteiger charge is -2.31. The van der Waals surface area contributed by atoms with Gasteiger partial charge in [-0.15, -0.1) is 0 Å². The topological polar surface area (TPSA) is 75.2 Å². The molecule has 1 atom stereocenters. The highest BCUT2D eigenvalue weighted by molar-refractivity contribution is 6.11. The second kappa shape index (κ2) is 9.95. The van der Waals surface area contributed by atoms with E-state index in [1.807, 2.05) is 0 Å². The van der Waals surface area contributed by atoms with Crippen LogP contribution in [0.25, 0.3) is 0 Å². The van der Waals surface area contributed by atoms with Crippen LogP contribution in [0.1, 0.15) is 22.1 Å². The molecule has 0 saturated heterocycles. The molecule has 0 aliphatic heterocycles. The standard InChI is InChI=1S/C25H17F3N4O2/c26-17-6-4-16(5-7-17)23(24(33)31-20-10-8-18(27)9-11-20)32(21-3-1-2-19(28)14-21)25(34)22-15-29-12-13-30-22/h1-15,23H,(H,31,33)/t23-/m1/s1. The van der Waals surface area contributed by atoms with Crippen molar-refractivity contribution in [3.8, 4) is 0 Å². The Hall–Kier alpha value is -4.53. The number of carbonyl (C=O) groups is 2. The first-order valence-corrected chi connectivity index (χ1v) is 10.1. The number of nitrogens with one attached hydrogen (secondary N) is 1. The molecule has 0 fully saturated rings. The Morgan fingerprint density at radius 2 is 1.50 bits per heavy atom. The molecule has 9 heteroatoms. The molecular weight excluding hydrogens is 445 g/mol.